The maximum atomic E-state index is 14.7. The maximum absolute atomic E-state index is 14.7. The molecule has 2 aliphatic rings. The molecule has 3 heterocycles. The van der Waals surface area contributed by atoms with E-state index in [9.17, 15) is 13.2 Å². The quantitative estimate of drug-likeness (QED) is 0.399. The van der Waals surface area contributed by atoms with Gasteiger partial charge in [0.2, 0.25) is 5.89 Å². The molecular weight excluding hydrogens is 445 g/mol. The number of fused-ring (bicyclic) bond motifs is 1. The SMILES string of the molecule is Fc1cc(-c2nnc(C(F)F)o2)ccc1Cn1cc(-c2cccc3c2CN(C2CCC2)C3)nn1. The van der Waals surface area contributed by atoms with E-state index in [0.717, 1.165) is 24.3 Å². The Morgan fingerprint density at radius 3 is 2.68 bits per heavy atom. The first-order valence-corrected chi connectivity index (χ1v) is 11.2. The van der Waals surface area contributed by atoms with E-state index in [-0.39, 0.29) is 18.0 Å². The highest BCUT2D eigenvalue weighted by atomic mass is 19.3. The summed E-state index contributed by atoms with van der Waals surface area (Å²) in [4.78, 5) is 2.53. The van der Waals surface area contributed by atoms with Crippen molar-refractivity contribution in [3.63, 3.8) is 0 Å². The summed E-state index contributed by atoms with van der Waals surface area (Å²) in [6.07, 6.45) is 2.79. The van der Waals surface area contributed by atoms with Crippen molar-refractivity contribution in [3.05, 3.63) is 71.0 Å². The number of aromatic nitrogens is 5. The van der Waals surface area contributed by atoms with Crippen molar-refractivity contribution in [2.24, 2.45) is 0 Å². The average molecular weight is 466 g/mol. The van der Waals surface area contributed by atoms with Gasteiger partial charge < -0.3 is 4.42 Å². The molecule has 0 N–H and O–H groups in total. The van der Waals surface area contributed by atoms with E-state index in [4.69, 9.17) is 4.42 Å². The largest absolute Gasteiger partial charge is 0.415 e. The summed E-state index contributed by atoms with van der Waals surface area (Å²) in [6.45, 7) is 2.06. The van der Waals surface area contributed by atoms with Crippen LogP contribution in [0.4, 0.5) is 13.2 Å². The van der Waals surface area contributed by atoms with Crippen LogP contribution < -0.4 is 0 Å². The van der Waals surface area contributed by atoms with Gasteiger partial charge in [0.05, 0.1) is 12.7 Å². The number of hydrogen-bond donors (Lipinski definition) is 0. The number of halogens is 3. The molecule has 1 fully saturated rings. The van der Waals surface area contributed by atoms with E-state index < -0.39 is 18.1 Å². The van der Waals surface area contributed by atoms with Gasteiger partial charge in [0.25, 0.3) is 5.89 Å². The van der Waals surface area contributed by atoms with E-state index in [0.29, 0.717) is 11.6 Å². The summed E-state index contributed by atoms with van der Waals surface area (Å²) < 4.78 is 46.6. The molecule has 0 atom stereocenters. The molecule has 0 unspecified atom stereocenters. The molecule has 0 bridgehead atoms. The number of alkyl halides is 2. The molecule has 0 saturated heterocycles. The van der Waals surface area contributed by atoms with E-state index in [1.807, 2.05) is 12.3 Å². The summed E-state index contributed by atoms with van der Waals surface area (Å²) in [5.74, 6) is -1.47. The lowest BCUT2D eigenvalue weighted by Crippen LogP contribution is -2.36. The Kier molecular flexibility index (Phi) is 5.17. The predicted molar refractivity (Wildman–Crippen MR) is 116 cm³/mol. The first kappa shape index (κ1) is 21.0. The van der Waals surface area contributed by atoms with Gasteiger partial charge in [0.15, 0.2) is 0 Å². The molecule has 0 amide bonds. The van der Waals surface area contributed by atoms with E-state index >= 15 is 0 Å². The zero-order chi connectivity index (χ0) is 23.2. The van der Waals surface area contributed by atoms with Crippen LogP contribution in [0.25, 0.3) is 22.7 Å². The minimum absolute atomic E-state index is 0.155. The van der Waals surface area contributed by atoms with Crippen molar-refractivity contribution < 1.29 is 17.6 Å². The van der Waals surface area contributed by atoms with Gasteiger partial charge in [-0.1, -0.05) is 35.9 Å². The second kappa shape index (κ2) is 8.35. The van der Waals surface area contributed by atoms with Crippen LogP contribution in [0.2, 0.25) is 0 Å². The van der Waals surface area contributed by atoms with Crippen molar-refractivity contribution >= 4 is 0 Å². The van der Waals surface area contributed by atoms with Gasteiger partial charge in [0.1, 0.15) is 11.5 Å². The molecule has 34 heavy (non-hydrogen) atoms. The van der Waals surface area contributed by atoms with Crippen molar-refractivity contribution in [1.82, 2.24) is 30.1 Å². The van der Waals surface area contributed by atoms with Crippen LogP contribution in [0, 0.1) is 5.82 Å². The molecule has 2 aromatic carbocycles. The van der Waals surface area contributed by atoms with E-state index in [1.54, 1.807) is 16.8 Å². The fraction of sp³-hybridized carbons (Fsp3) is 0.333. The minimum atomic E-state index is -2.88. The van der Waals surface area contributed by atoms with Gasteiger partial charge in [-0.2, -0.15) is 8.78 Å². The molecule has 1 saturated carbocycles. The Bertz CT molecular complexity index is 1350. The van der Waals surface area contributed by atoms with Gasteiger partial charge in [0, 0.05) is 35.8 Å². The fourth-order valence-corrected chi connectivity index (χ4v) is 4.62. The second-order valence-electron chi connectivity index (χ2n) is 8.79. The van der Waals surface area contributed by atoms with Gasteiger partial charge in [-0.25, -0.2) is 9.07 Å². The Labute approximate surface area is 193 Å². The first-order chi connectivity index (χ1) is 16.5. The third-order valence-electron chi connectivity index (χ3n) is 6.67. The van der Waals surface area contributed by atoms with E-state index in [2.05, 4.69) is 37.5 Å². The summed E-state index contributed by atoms with van der Waals surface area (Å²) in [5, 5.41) is 15.4. The Balaban J connectivity index is 1.20. The normalized spacial score (nSPS) is 16.2. The molecular formula is C24H21F3N6O. The van der Waals surface area contributed by atoms with Crippen molar-refractivity contribution in [1.29, 1.82) is 0 Å². The highest BCUT2D eigenvalue weighted by molar-refractivity contribution is 5.65. The Morgan fingerprint density at radius 1 is 1.06 bits per heavy atom. The molecule has 0 radical (unpaired) electrons. The molecule has 1 aliphatic carbocycles. The summed E-state index contributed by atoms with van der Waals surface area (Å²) in [6, 6.07) is 11.3. The number of benzene rings is 2. The van der Waals surface area contributed by atoms with Crippen LogP contribution in [-0.2, 0) is 19.6 Å². The average Bonchev–Trinajstić information content (AvgIpc) is 3.53. The topological polar surface area (TPSA) is 72.9 Å². The lowest BCUT2D eigenvalue weighted by Gasteiger charge is -2.34. The molecule has 2 aromatic heterocycles. The van der Waals surface area contributed by atoms with Crippen LogP contribution in [0.1, 0.15) is 48.3 Å². The highest BCUT2D eigenvalue weighted by Gasteiger charge is 2.31. The molecule has 6 rings (SSSR count). The smallest absolute Gasteiger partial charge is 0.314 e. The van der Waals surface area contributed by atoms with Gasteiger partial charge >= 0.3 is 6.43 Å². The van der Waals surface area contributed by atoms with Gasteiger partial charge in [-0.3, -0.25) is 4.90 Å². The molecule has 4 aromatic rings. The van der Waals surface area contributed by atoms with Crippen LogP contribution in [-0.4, -0.2) is 36.1 Å². The van der Waals surface area contributed by atoms with Crippen molar-refractivity contribution in [2.45, 2.75) is 51.4 Å². The van der Waals surface area contributed by atoms with Crippen molar-refractivity contribution in [2.75, 3.05) is 0 Å². The zero-order valence-electron chi connectivity index (χ0n) is 18.2. The Morgan fingerprint density at radius 2 is 1.94 bits per heavy atom. The molecule has 174 valence electrons. The highest BCUT2D eigenvalue weighted by Crippen LogP contribution is 2.36. The first-order valence-electron chi connectivity index (χ1n) is 11.2. The van der Waals surface area contributed by atoms with E-state index in [1.165, 1.54) is 36.5 Å². The number of hydrogen-bond acceptors (Lipinski definition) is 6. The summed E-state index contributed by atoms with van der Waals surface area (Å²) in [5.41, 5.74) is 5.05. The standard InChI is InChI=1S/C24H21F3N6O/c25-20-9-14(23-29-30-24(34-23)22(26)27)7-8-16(20)11-33-13-21(28-31-33)18-6-1-3-15-10-32(12-19(15)18)17-4-2-5-17/h1,3,6-9,13,17,22H,2,4-5,10-12H2. The third kappa shape index (κ3) is 3.77. The summed E-state index contributed by atoms with van der Waals surface area (Å²) in [7, 11) is 0. The number of rotatable bonds is 6. The Hall–Kier alpha value is -3.53. The predicted octanol–water partition coefficient (Wildman–Crippen LogP) is 4.99. The van der Waals surface area contributed by atoms with Gasteiger partial charge in [-0.05, 0) is 36.1 Å². The number of nitrogens with zero attached hydrogens (tertiary/aromatic N) is 6. The van der Waals surface area contributed by atoms with Crippen LogP contribution in [0.3, 0.4) is 0 Å². The monoisotopic (exact) mass is 466 g/mol. The summed E-state index contributed by atoms with van der Waals surface area (Å²) >= 11 is 0. The fourth-order valence-electron chi connectivity index (χ4n) is 4.62. The lowest BCUT2D eigenvalue weighted by molar-refractivity contribution is 0.116. The zero-order valence-corrected chi connectivity index (χ0v) is 18.2. The molecule has 10 heteroatoms. The van der Waals surface area contributed by atoms with Crippen LogP contribution >= 0.6 is 0 Å². The lowest BCUT2D eigenvalue weighted by atomic mass is 9.92. The third-order valence-corrected chi connectivity index (χ3v) is 6.67. The van der Waals surface area contributed by atoms with Crippen molar-refractivity contribution in [3.8, 4) is 22.7 Å². The van der Waals surface area contributed by atoms with Crippen LogP contribution in [0.5, 0.6) is 0 Å². The minimum Gasteiger partial charge on any atom is -0.415 e. The molecule has 1 aliphatic heterocycles. The van der Waals surface area contributed by atoms with Crippen LogP contribution in [0.15, 0.2) is 47.0 Å². The maximum Gasteiger partial charge on any atom is 0.314 e. The molecule has 7 nitrogen and oxygen atoms in total. The second-order valence-corrected chi connectivity index (χ2v) is 8.79. The van der Waals surface area contributed by atoms with Gasteiger partial charge in [-0.15, -0.1) is 15.3 Å². The molecule has 0 spiro atoms.